The van der Waals surface area contributed by atoms with Crippen LogP contribution in [0.3, 0.4) is 0 Å². The van der Waals surface area contributed by atoms with Crippen molar-refractivity contribution in [3.63, 3.8) is 0 Å². The molecule has 0 bridgehead atoms. The van der Waals surface area contributed by atoms with Gasteiger partial charge >= 0.3 is 11.9 Å². The zero-order valence-corrected chi connectivity index (χ0v) is 10.2. The van der Waals surface area contributed by atoms with Crippen LogP contribution < -0.4 is 0 Å². The summed E-state index contributed by atoms with van der Waals surface area (Å²) < 4.78 is 0. The van der Waals surface area contributed by atoms with Crippen LogP contribution in [-0.4, -0.2) is 45.0 Å². The number of carbonyl (C=O) groups is 3. The van der Waals surface area contributed by atoms with Crippen molar-refractivity contribution >= 4 is 17.8 Å². The summed E-state index contributed by atoms with van der Waals surface area (Å²) in [6.45, 7) is 1.26. The number of nitrogens with zero attached hydrogens (tertiary/aromatic N) is 1. The monoisotopic (exact) mass is 255 g/mol. The molecular formula is C12H17NO5. The van der Waals surface area contributed by atoms with E-state index in [1.54, 1.807) is 6.08 Å². The van der Waals surface area contributed by atoms with Crippen LogP contribution in [0, 0.1) is 0 Å². The second kappa shape index (κ2) is 6.18. The lowest BCUT2D eigenvalue weighted by molar-refractivity contribution is -0.155. The number of carboxylic acid groups (broad SMARTS) is 2. The molecule has 0 saturated heterocycles. The molecule has 100 valence electrons. The van der Waals surface area contributed by atoms with Crippen molar-refractivity contribution in [3.8, 4) is 0 Å². The molecule has 0 spiro atoms. The highest BCUT2D eigenvalue weighted by atomic mass is 16.4. The molecule has 0 fully saturated rings. The van der Waals surface area contributed by atoms with Crippen molar-refractivity contribution in [3.05, 3.63) is 12.2 Å². The second-order valence-corrected chi connectivity index (χ2v) is 4.30. The van der Waals surface area contributed by atoms with Crippen molar-refractivity contribution < 1.29 is 24.6 Å². The van der Waals surface area contributed by atoms with Crippen LogP contribution in [0.25, 0.3) is 0 Å². The molecule has 18 heavy (non-hydrogen) atoms. The lowest BCUT2D eigenvalue weighted by atomic mass is 9.98. The Bertz CT molecular complexity index is 377. The highest BCUT2D eigenvalue weighted by Crippen LogP contribution is 2.20. The first-order valence-corrected chi connectivity index (χ1v) is 5.83. The van der Waals surface area contributed by atoms with Gasteiger partial charge in [0.2, 0.25) is 5.91 Å². The molecular weight excluding hydrogens is 238 g/mol. The van der Waals surface area contributed by atoms with Gasteiger partial charge in [-0.1, -0.05) is 12.2 Å². The summed E-state index contributed by atoms with van der Waals surface area (Å²) in [5, 5.41) is 17.8. The smallest absolute Gasteiger partial charge is 0.327 e. The number of hydrogen-bond acceptors (Lipinski definition) is 3. The molecule has 1 aliphatic rings. The van der Waals surface area contributed by atoms with E-state index >= 15 is 0 Å². The minimum absolute atomic E-state index is 0.323. The summed E-state index contributed by atoms with van der Waals surface area (Å²) in [6.07, 6.45) is 5.52. The third kappa shape index (κ3) is 3.58. The Hall–Kier alpha value is -1.85. The average Bonchev–Trinajstić information content (AvgIpc) is 2.28. The molecule has 0 aromatic carbocycles. The fourth-order valence-electron chi connectivity index (χ4n) is 2.18. The maximum Gasteiger partial charge on any atom is 0.327 e. The van der Waals surface area contributed by atoms with E-state index in [-0.39, 0.29) is 6.04 Å². The van der Waals surface area contributed by atoms with Crippen LogP contribution in [0.1, 0.15) is 32.6 Å². The third-order valence-corrected chi connectivity index (χ3v) is 2.94. The van der Waals surface area contributed by atoms with Gasteiger partial charge in [-0.25, -0.2) is 4.79 Å². The van der Waals surface area contributed by atoms with E-state index in [1.807, 2.05) is 6.08 Å². The van der Waals surface area contributed by atoms with Gasteiger partial charge in [0.1, 0.15) is 6.04 Å². The fourth-order valence-corrected chi connectivity index (χ4v) is 2.18. The van der Waals surface area contributed by atoms with Gasteiger partial charge in [0.25, 0.3) is 0 Å². The quantitative estimate of drug-likeness (QED) is 0.711. The van der Waals surface area contributed by atoms with Crippen LogP contribution in [0.2, 0.25) is 0 Å². The fraction of sp³-hybridized carbons (Fsp3) is 0.583. The average molecular weight is 255 g/mol. The van der Waals surface area contributed by atoms with E-state index < -0.39 is 30.3 Å². The number of hydrogen-bond donors (Lipinski definition) is 2. The maximum atomic E-state index is 11.6. The minimum atomic E-state index is -1.31. The number of allylic oxidation sites excluding steroid dienone is 1. The Balaban J connectivity index is 2.95. The molecule has 0 saturated carbocycles. The van der Waals surface area contributed by atoms with Crippen molar-refractivity contribution in [2.75, 3.05) is 0 Å². The van der Waals surface area contributed by atoms with Gasteiger partial charge in [-0.15, -0.1) is 0 Å². The molecule has 1 unspecified atom stereocenters. The lowest BCUT2D eigenvalue weighted by Gasteiger charge is -2.34. The van der Waals surface area contributed by atoms with Crippen LogP contribution in [-0.2, 0) is 14.4 Å². The second-order valence-electron chi connectivity index (χ2n) is 4.30. The highest BCUT2D eigenvalue weighted by molar-refractivity contribution is 5.86. The molecule has 6 nitrogen and oxygen atoms in total. The molecule has 1 amide bonds. The Morgan fingerprint density at radius 1 is 1.39 bits per heavy atom. The third-order valence-electron chi connectivity index (χ3n) is 2.94. The summed E-state index contributed by atoms with van der Waals surface area (Å²) in [4.78, 5) is 34.6. The number of rotatable bonds is 5. The molecule has 2 atom stereocenters. The first-order chi connectivity index (χ1) is 8.43. The molecule has 2 N–H and O–H groups in total. The molecule has 0 aromatic heterocycles. The molecule has 0 heterocycles. The van der Waals surface area contributed by atoms with Crippen LogP contribution >= 0.6 is 0 Å². The van der Waals surface area contributed by atoms with Crippen molar-refractivity contribution in [1.29, 1.82) is 0 Å². The van der Waals surface area contributed by atoms with E-state index in [4.69, 9.17) is 10.2 Å². The van der Waals surface area contributed by atoms with Gasteiger partial charge in [0, 0.05) is 6.92 Å². The number of carboxylic acids is 2. The van der Waals surface area contributed by atoms with Crippen molar-refractivity contribution in [2.45, 2.75) is 44.7 Å². The number of aliphatic carboxylic acids is 2. The van der Waals surface area contributed by atoms with Crippen LogP contribution in [0.5, 0.6) is 0 Å². The van der Waals surface area contributed by atoms with Crippen LogP contribution in [0.15, 0.2) is 12.2 Å². The number of amides is 1. The maximum absolute atomic E-state index is 11.6. The number of carbonyl (C=O) groups excluding carboxylic acids is 1. The molecule has 0 aromatic rings. The zero-order valence-electron chi connectivity index (χ0n) is 10.2. The summed E-state index contributed by atoms with van der Waals surface area (Å²) in [7, 11) is 0. The van der Waals surface area contributed by atoms with Gasteiger partial charge in [0.15, 0.2) is 0 Å². The molecule has 0 radical (unpaired) electrons. The summed E-state index contributed by atoms with van der Waals surface area (Å²) >= 11 is 0. The summed E-state index contributed by atoms with van der Waals surface area (Å²) in [5.41, 5.74) is 0. The lowest BCUT2D eigenvalue weighted by Crippen LogP contribution is -2.50. The predicted molar refractivity (Wildman–Crippen MR) is 63.0 cm³/mol. The Morgan fingerprint density at radius 2 is 2.06 bits per heavy atom. The van der Waals surface area contributed by atoms with Gasteiger partial charge in [-0.05, 0) is 19.3 Å². The van der Waals surface area contributed by atoms with E-state index in [0.717, 1.165) is 17.7 Å². The van der Waals surface area contributed by atoms with Gasteiger partial charge in [-0.2, -0.15) is 0 Å². The van der Waals surface area contributed by atoms with Crippen LogP contribution in [0.4, 0.5) is 0 Å². The van der Waals surface area contributed by atoms with E-state index in [0.29, 0.717) is 6.42 Å². The molecule has 6 heteroatoms. The minimum Gasteiger partial charge on any atom is -0.481 e. The topological polar surface area (TPSA) is 94.9 Å². The molecule has 1 rings (SSSR count). The summed E-state index contributed by atoms with van der Waals surface area (Å²) in [5.74, 6) is -2.93. The Labute approximate surface area is 105 Å². The Kier molecular flexibility index (Phi) is 4.88. The van der Waals surface area contributed by atoms with Crippen molar-refractivity contribution in [1.82, 2.24) is 4.90 Å². The summed E-state index contributed by atoms with van der Waals surface area (Å²) in [6, 6.07) is -1.63. The van der Waals surface area contributed by atoms with Crippen molar-refractivity contribution in [2.24, 2.45) is 0 Å². The SMILES string of the molecule is CC(=O)N(C1C=CCCC1)[C@@H](CC(=O)O)C(=O)O. The first-order valence-electron chi connectivity index (χ1n) is 5.83. The largest absolute Gasteiger partial charge is 0.481 e. The van der Waals surface area contributed by atoms with Gasteiger partial charge in [-0.3, -0.25) is 9.59 Å². The van der Waals surface area contributed by atoms with Gasteiger partial charge in [0.05, 0.1) is 12.5 Å². The zero-order chi connectivity index (χ0) is 13.7. The van der Waals surface area contributed by atoms with Gasteiger partial charge < -0.3 is 15.1 Å². The first kappa shape index (κ1) is 14.2. The normalized spacial score (nSPS) is 20.2. The standard InChI is InChI=1S/C12H17NO5/c1-8(14)13(9-5-3-2-4-6-9)10(12(17)18)7-11(15)16/h3,5,9-10H,2,4,6-7H2,1H3,(H,15,16)(H,17,18)/t9?,10-/m0/s1. The predicted octanol–water partition coefficient (Wildman–Crippen LogP) is 0.871. The molecule has 0 aliphatic heterocycles. The van der Waals surface area contributed by atoms with E-state index in [2.05, 4.69) is 0 Å². The van der Waals surface area contributed by atoms with E-state index in [9.17, 15) is 14.4 Å². The highest BCUT2D eigenvalue weighted by Gasteiger charge is 2.34. The molecule has 1 aliphatic carbocycles. The van der Waals surface area contributed by atoms with E-state index in [1.165, 1.54) is 6.92 Å². The Morgan fingerprint density at radius 3 is 2.44 bits per heavy atom.